The van der Waals surface area contributed by atoms with Crippen LogP contribution in [0, 0.1) is 11.6 Å². The average molecular weight is 406 g/mol. The number of nitrogens with two attached hydrogens (primary N) is 1. The smallest absolute Gasteiger partial charge is 0.123 e. The molecule has 1 fully saturated rings. The van der Waals surface area contributed by atoms with Crippen molar-refractivity contribution in [3.63, 3.8) is 0 Å². The number of hydrogen-bond donors (Lipinski definition) is 1. The van der Waals surface area contributed by atoms with E-state index in [1.54, 1.807) is 6.21 Å². The highest BCUT2D eigenvalue weighted by atomic mass is 19.1. The van der Waals surface area contributed by atoms with Crippen LogP contribution in [0.25, 0.3) is 0 Å². The monoisotopic (exact) mass is 406 g/mol. The lowest BCUT2D eigenvalue weighted by Gasteiger charge is -2.40. The van der Waals surface area contributed by atoms with Gasteiger partial charge < -0.3 is 10.7 Å². The fourth-order valence-electron chi connectivity index (χ4n) is 4.00. The van der Waals surface area contributed by atoms with Crippen LogP contribution in [0.1, 0.15) is 22.7 Å². The minimum Gasteiger partial charge on any atom is -0.369 e. The first-order valence-corrected chi connectivity index (χ1v) is 9.97. The van der Waals surface area contributed by atoms with E-state index in [-0.39, 0.29) is 17.7 Å². The normalized spacial score (nSPS) is 15.2. The minimum atomic E-state index is -0.260. The molecule has 0 saturated carbocycles. The van der Waals surface area contributed by atoms with Crippen LogP contribution in [0.5, 0.6) is 0 Å². The van der Waals surface area contributed by atoms with Crippen LogP contribution in [0.2, 0.25) is 0 Å². The van der Waals surface area contributed by atoms with Gasteiger partial charge in [-0.3, -0.25) is 4.90 Å². The summed E-state index contributed by atoms with van der Waals surface area (Å²) in [4.78, 5) is 4.71. The molecule has 1 aliphatic heterocycles. The standard InChI is InChI=1S/C24H24F2N4/c25-21-7-3-19(4-8-21)24(20-5-9-22(26)10-6-20)30-15-13-29(14-16-30)23-11-1-18(2-12-23)17-28-27/h1-12,17,24H,13-16,27H2. The molecule has 0 spiro atoms. The molecule has 0 aliphatic carbocycles. The molecule has 154 valence electrons. The number of rotatable bonds is 5. The number of benzene rings is 3. The van der Waals surface area contributed by atoms with E-state index in [9.17, 15) is 8.78 Å². The van der Waals surface area contributed by atoms with Gasteiger partial charge >= 0.3 is 0 Å². The Balaban J connectivity index is 1.53. The topological polar surface area (TPSA) is 44.9 Å². The van der Waals surface area contributed by atoms with Gasteiger partial charge in [0.1, 0.15) is 11.6 Å². The first kappa shape index (κ1) is 20.0. The quantitative estimate of drug-likeness (QED) is 0.393. The summed E-state index contributed by atoms with van der Waals surface area (Å²) < 4.78 is 27.0. The highest BCUT2D eigenvalue weighted by Crippen LogP contribution is 2.31. The van der Waals surface area contributed by atoms with E-state index in [0.29, 0.717) is 0 Å². The van der Waals surface area contributed by atoms with Crippen LogP contribution in [-0.4, -0.2) is 37.3 Å². The fraction of sp³-hybridized carbons (Fsp3) is 0.208. The molecular weight excluding hydrogens is 382 g/mol. The summed E-state index contributed by atoms with van der Waals surface area (Å²) in [6.45, 7) is 3.41. The lowest BCUT2D eigenvalue weighted by molar-refractivity contribution is 0.212. The maximum absolute atomic E-state index is 13.5. The van der Waals surface area contributed by atoms with Gasteiger partial charge in [0.25, 0.3) is 0 Å². The van der Waals surface area contributed by atoms with E-state index in [4.69, 9.17) is 5.84 Å². The number of hydrazone groups is 1. The zero-order valence-electron chi connectivity index (χ0n) is 16.6. The number of anilines is 1. The third-order valence-corrected chi connectivity index (χ3v) is 5.53. The first-order valence-electron chi connectivity index (χ1n) is 9.97. The molecule has 0 unspecified atom stereocenters. The first-order chi connectivity index (χ1) is 14.6. The van der Waals surface area contributed by atoms with Gasteiger partial charge in [0.2, 0.25) is 0 Å². The van der Waals surface area contributed by atoms with Crippen LogP contribution in [-0.2, 0) is 0 Å². The van der Waals surface area contributed by atoms with E-state index in [1.165, 1.54) is 24.3 Å². The highest BCUT2D eigenvalue weighted by Gasteiger charge is 2.26. The Bertz CT molecular complexity index is 932. The minimum absolute atomic E-state index is 0.0449. The van der Waals surface area contributed by atoms with Crippen molar-refractivity contribution in [2.24, 2.45) is 10.9 Å². The van der Waals surface area contributed by atoms with Crippen LogP contribution < -0.4 is 10.7 Å². The van der Waals surface area contributed by atoms with Crippen molar-refractivity contribution < 1.29 is 8.78 Å². The zero-order valence-corrected chi connectivity index (χ0v) is 16.6. The Labute approximate surface area is 175 Å². The summed E-state index contributed by atoms with van der Waals surface area (Å²) in [7, 11) is 0. The maximum atomic E-state index is 13.5. The van der Waals surface area contributed by atoms with Crippen LogP contribution in [0.15, 0.2) is 77.9 Å². The number of piperazine rings is 1. The molecule has 4 nitrogen and oxygen atoms in total. The summed E-state index contributed by atoms with van der Waals surface area (Å²) in [6, 6.07) is 21.3. The average Bonchev–Trinajstić information content (AvgIpc) is 2.78. The summed E-state index contributed by atoms with van der Waals surface area (Å²) in [5.74, 6) is 4.69. The molecule has 0 amide bonds. The van der Waals surface area contributed by atoms with Gasteiger partial charge in [-0.25, -0.2) is 8.78 Å². The molecule has 1 aliphatic rings. The fourth-order valence-corrected chi connectivity index (χ4v) is 4.00. The summed E-state index contributed by atoms with van der Waals surface area (Å²) in [6.07, 6.45) is 1.62. The van der Waals surface area contributed by atoms with Gasteiger partial charge in [-0.15, -0.1) is 0 Å². The van der Waals surface area contributed by atoms with Crippen molar-refractivity contribution in [3.8, 4) is 0 Å². The van der Waals surface area contributed by atoms with E-state index in [2.05, 4.69) is 27.0 Å². The van der Waals surface area contributed by atoms with Crippen LogP contribution in [0.3, 0.4) is 0 Å². The molecule has 30 heavy (non-hydrogen) atoms. The molecule has 0 aromatic heterocycles. The predicted octanol–water partition coefficient (Wildman–Crippen LogP) is 4.17. The van der Waals surface area contributed by atoms with E-state index in [0.717, 1.165) is 48.6 Å². The number of hydrogen-bond acceptors (Lipinski definition) is 4. The highest BCUT2D eigenvalue weighted by molar-refractivity contribution is 5.80. The van der Waals surface area contributed by atoms with Crippen molar-refractivity contribution in [3.05, 3.63) is 101 Å². The second-order valence-corrected chi connectivity index (χ2v) is 7.40. The van der Waals surface area contributed by atoms with Crippen molar-refractivity contribution in [2.75, 3.05) is 31.1 Å². The molecular formula is C24H24F2N4. The van der Waals surface area contributed by atoms with Crippen molar-refractivity contribution >= 4 is 11.9 Å². The molecule has 1 saturated heterocycles. The molecule has 3 aromatic rings. The van der Waals surface area contributed by atoms with Gasteiger partial charge in [0.05, 0.1) is 12.3 Å². The van der Waals surface area contributed by atoms with Crippen molar-refractivity contribution in [2.45, 2.75) is 6.04 Å². The lowest BCUT2D eigenvalue weighted by atomic mass is 9.96. The SMILES string of the molecule is NN=Cc1ccc(N2CCN(C(c3ccc(F)cc3)c3ccc(F)cc3)CC2)cc1. The molecule has 0 radical (unpaired) electrons. The maximum Gasteiger partial charge on any atom is 0.123 e. The Morgan fingerprint density at radius 3 is 1.70 bits per heavy atom. The van der Waals surface area contributed by atoms with Gasteiger partial charge in [-0.05, 0) is 53.1 Å². The largest absolute Gasteiger partial charge is 0.369 e. The van der Waals surface area contributed by atoms with E-state index < -0.39 is 0 Å². The van der Waals surface area contributed by atoms with Gasteiger partial charge in [0, 0.05) is 31.9 Å². The number of nitrogens with zero attached hydrogens (tertiary/aromatic N) is 3. The second-order valence-electron chi connectivity index (χ2n) is 7.40. The Morgan fingerprint density at radius 1 is 0.733 bits per heavy atom. The molecule has 3 aromatic carbocycles. The molecule has 1 heterocycles. The molecule has 2 N–H and O–H groups in total. The Kier molecular flexibility index (Phi) is 6.05. The Morgan fingerprint density at radius 2 is 1.23 bits per heavy atom. The van der Waals surface area contributed by atoms with E-state index in [1.807, 2.05) is 36.4 Å². The van der Waals surface area contributed by atoms with Crippen molar-refractivity contribution in [1.82, 2.24) is 4.90 Å². The van der Waals surface area contributed by atoms with Crippen molar-refractivity contribution in [1.29, 1.82) is 0 Å². The molecule has 0 atom stereocenters. The summed E-state index contributed by atoms with van der Waals surface area (Å²) >= 11 is 0. The van der Waals surface area contributed by atoms with Gasteiger partial charge in [0.15, 0.2) is 0 Å². The van der Waals surface area contributed by atoms with Gasteiger partial charge in [-0.1, -0.05) is 36.4 Å². The third-order valence-electron chi connectivity index (χ3n) is 5.53. The van der Waals surface area contributed by atoms with Crippen LogP contribution >= 0.6 is 0 Å². The lowest BCUT2D eigenvalue weighted by Crippen LogP contribution is -2.48. The third kappa shape index (κ3) is 4.49. The van der Waals surface area contributed by atoms with Crippen LogP contribution in [0.4, 0.5) is 14.5 Å². The molecule has 4 rings (SSSR count). The zero-order chi connectivity index (χ0) is 20.9. The van der Waals surface area contributed by atoms with Gasteiger partial charge in [-0.2, -0.15) is 5.10 Å². The predicted molar refractivity (Wildman–Crippen MR) is 117 cm³/mol. The Hall–Kier alpha value is -3.25. The second kappa shape index (κ2) is 9.05. The molecule has 0 bridgehead atoms. The molecule has 6 heteroatoms. The van der Waals surface area contributed by atoms with E-state index >= 15 is 0 Å². The number of halogens is 2. The summed E-state index contributed by atoms with van der Waals surface area (Å²) in [5, 5.41) is 3.55. The summed E-state index contributed by atoms with van der Waals surface area (Å²) in [5.41, 5.74) is 4.13.